The lowest BCUT2D eigenvalue weighted by Crippen LogP contribution is -2.69. The van der Waals surface area contributed by atoms with Crippen LogP contribution in [-0.2, 0) is 9.59 Å². The van der Waals surface area contributed by atoms with E-state index >= 15 is 0 Å². The Kier molecular flexibility index (Phi) is 2.88. The summed E-state index contributed by atoms with van der Waals surface area (Å²) in [4.78, 5) is 26.8. The van der Waals surface area contributed by atoms with Gasteiger partial charge in [-0.05, 0) is 51.7 Å². The Hall–Kier alpha value is -1.78. The van der Waals surface area contributed by atoms with Crippen molar-refractivity contribution in [1.82, 2.24) is 10.2 Å². The van der Waals surface area contributed by atoms with Crippen LogP contribution in [0.2, 0.25) is 0 Å². The summed E-state index contributed by atoms with van der Waals surface area (Å²) in [7, 11) is 0. The summed E-state index contributed by atoms with van der Waals surface area (Å²) < 4.78 is 5.40. The third kappa shape index (κ3) is 1.84. The van der Waals surface area contributed by atoms with Gasteiger partial charge in [-0.2, -0.15) is 0 Å². The molecule has 5 nitrogen and oxygen atoms in total. The van der Waals surface area contributed by atoms with Gasteiger partial charge < -0.3 is 14.6 Å². The molecule has 1 saturated carbocycles. The van der Waals surface area contributed by atoms with Crippen LogP contribution < -0.4 is 5.32 Å². The molecule has 3 rings (SSSR count). The van der Waals surface area contributed by atoms with Crippen molar-refractivity contribution in [3.05, 3.63) is 24.2 Å². The molecule has 2 aliphatic rings. The fraction of sp³-hybridized carbons (Fsp3) is 0.600. The minimum absolute atomic E-state index is 0.00370. The number of carbonyl (C=O) groups excluding carboxylic acids is 2. The third-order valence-corrected chi connectivity index (χ3v) is 4.62. The zero-order chi connectivity index (χ0) is 14.5. The number of piperazine rings is 1. The Morgan fingerprint density at radius 1 is 1.45 bits per heavy atom. The fourth-order valence-corrected chi connectivity index (χ4v) is 3.10. The predicted molar refractivity (Wildman–Crippen MR) is 72.7 cm³/mol. The summed E-state index contributed by atoms with van der Waals surface area (Å²) in [6, 6.07) is 2.92. The largest absolute Gasteiger partial charge is 0.467 e. The van der Waals surface area contributed by atoms with Crippen molar-refractivity contribution in [2.75, 3.05) is 0 Å². The van der Waals surface area contributed by atoms with Gasteiger partial charge in [0, 0.05) is 0 Å². The molecule has 1 aliphatic heterocycles. The molecule has 20 heavy (non-hydrogen) atoms. The van der Waals surface area contributed by atoms with Gasteiger partial charge in [0.15, 0.2) is 0 Å². The van der Waals surface area contributed by atoms with Crippen LogP contribution in [0.3, 0.4) is 0 Å². The monoisotopic (exact) mass is 276 g/mol. The second-order valence-corrected chi connectivity index (χ2v) is 6.05. The van der Waals surface area contributed by atoms with Gasteiger partial charge in [0.05, 0.1) is 12.3 Å². The summed E-state index contributed by atoms with van der Waals surface area (Å²) in [5.74, 6) is 0.879. The Labute approximate surface area is 118 Å². The zero-order valence-corrected chi connectivity index (χ0v) is 12.1. The van der Waals surface area contributed by atoms with E-state index < -0.39 is 11.6 Å². The van der Waals surface area contributed by atoms with Gasteiger partial charge in [-0.3, -0.25) is 9.59 Å². The molecule has 1 N–H and O–H groups in total. The van der Waals surface area contributed by atoms with E-state index in [1.807, 2.05) is 19.9 Å². The number of hydrogen-bond acceptors (Lipinski definition) is 3. The molecule has 0 radical (unpaired) electrons. The van der Waals surface area contributed by atoms with E-state index in [0.717, 1.165) is 12.8 Å². The number of carbonyl (C=O) groups is 2. The molecule has 1 aromatic heterocycles. The van der Waals surface area contributed by atoms with Crippen molar-refractivity contribution < 1.29 is 14.0 Å². The summed E-state index contributed by atoms with van der Waals surface area (Å²) in [6.45, 7) is 5.51. The number of furan rings is 1. The summed E-state index contributed by atoms with van der Waals surface area (Å²) in [5.41, 5.74) is -0.759. The van der Waals surface area contributed by atoms with Crippen LogP contribution in [0.15, 0.2) is 22.8 Å². The molecule has 3 atom stereocenters. The molecule has 2 amide bonds. The van der Waals surface area contributed by atoms with Crippen molar-refractivity contribution in [1.29, 1.82) is 0 Å². The van der Waals surface area contributed by atoms with Crippen molar-refractivity contribution in [2.45, 2.75) is 51.2 Å². The summed E-state index contributed by atoms with van der Waals surface area (Å²) in [5, 5.41) is 2.92. The molecule has 0 bridgehead atoms. The minimum Gasteiger partial charge on any atom is -0.467 e. The molecule has 1 aliphatic carbocycles. The van der Waals surface area contributed by atoms with E-state index in [-0.39, 0.29) is 23.8 Å². The first kappa shape index (κ1) is 13.2. The van der Waals surface area contributed by atoms with Crippen molar-refractivity contribution in [3.8, 4) is 0 Å². The van der Waals surface area contributed by atoms with Crippen molar-refractivity contribution >= 4 is 11.8 Å². The quantitative estimate of drug-likeness (QED) is 0.916. The maximum Gasteiger partial charge on any atom is 0.249 e. The van der Waals surface area contributed by atoms with Gasteiger partial charge in [-0.15, -0.1) is 0 Å². The molecule has 0 aromatic carbocycles. The average Bonchev–Trinajstić information content (AvgIpc) is 3.13. The van der Waals surface area contributed by atoms with Gasteiger partial charge in [0.1, 0.15) is 17.3 Å². The third-order valence-electron chi connectivity index (χ3n) is 4.62. The highest BCUT2D eigenvalue weighted by molar-refractivity contribution is 6.00. The number of amides is 2. The topological polar surface area (TPSA) is 62.6 Å². The first-order valence-electron chi connectivity index (χ1n) is 7.13. The summed E-state index contributed by atoms with van der Waals surface area (Å²) >= 11 is 0. The van der Waals surface area contributed by atoms with Crippen LogP contribution >= 0.6 is 0 Å². The fourth-order valence-electron chi connectivity index (χ4n) is 3.10. The molecule has 2 fully saturated rings. The van der Waals surface area contributed by atoms with Crippen LogP contribution in [0.5, 0.6) is 0 Å². The number of nitrogens with one attached hydrogen (secondary N) is 1. The smallest absolute Gasteiger partial charge is 0.249 e. The van der Waals surface area contributed by atoms with E-state index in [9.17, 15) is 9.59 Å². The van der Waals surface area contributed by atoms with Crippen LogP contribution in [0.4, 0.5) is 0 Å². The van der Waals surface area contributed by atoms with Gasteiger partial charge in [-0.25, -0.2) is 0 Å². The maximum atomic E-state index is 12.9. The average molecular weight is 276 g/mol. The van der Waals surface area contributed by atoms with Crippen LogP contribution in [0.25, 0.3) is 0 Å². The van der Waals surface area contributed by atoms with Gasteiger partial charge in [0.2, 0.25) is 11.8 Å². The molecule has 0 spiro atoms. The van der Waals surface area contributed by atoms with E-state index in [2.05, 4.69) is 5.32 Å². The molecule has 3 unspecified atom stereocenters. The van der Waals surface area contributed by atoms with E-state index in [4.69, 9.17) is 4.42 Å². The molecule has 108 valence electrons. The Bertz CT molecular complexity index is 535. The first-order valence-corrected chi connectivity index (χ1v) is 7.13. The van der Waals surface area contributed by atoms with Crippen LogP contribution in [-0.4, -0.2) is 28.3 Å². The lowest BCUT2D eigenvalue weighted by molar-refractivity contribution is -0.157. The Morgan fingerprint density at radius 2 is 2.15 bits per heavy atom. The summed E-state index contributed by atoms with van der Waals surface area (Å²) in [6.07, 6.45) is 3.59. The second kappa shape index (κ2) is 4.36. The predicted octanol–water partition coefficient (Wildman–Crippen LogP) is 1.86. The highest BCUT2D eigenvalue weighted by atomic mass is 16.3. The molecular formula is C15H20N2O3. The Balaban J connectivity index is 1.94. The molecular weight excluding hydrogens is 256 g/mol. The van der Waals surface area contributed by atoms with E-state index in [0.29, 0.717) is 5.76 Å². The van der Waals surface area contributed by atoms with Crippen LogP contribution in [0.1, 0.15) is 45.4 Å². The van der Waals surface area contributed by atoms with Gasteiger partial charge in [-0.1, -0.05) is 0 Å². The van der Waals surface area contributed by atoms with Gasteiger partial charge >= 0.3 is 0 Å². The number of rotatable bonds is 3. The highest BCUT2D eigenvalue weighted by Gasteiger charge is 2.55. The number of hydrogen-bond donors (Lipinski definition) is 1. The molecule has 5 heteroatoms. The normalized spacial score (nSPS) is 32.1. The highest BCUT2D eigenvalue weighted by Crippen LogP contribution is 2.43. The lowest BCUT2D eigenvalue weighted by atomic mass is 9.88. The second-order valence-electron chi connectivity index (χ2n) is 6.05. The van der Waals surface area contributed by atoms with E-state index in [1.54, 1.807) is 24.2 Å². The van der Waals surface area contributed by atoms with Crippen molar-refractivity contribution in [3.63, 3.8) is 0 Å². The lowest BCUT2D eigenvalue weighted by Gasteiger charge is -2.45. The van der Waals surface area contributed by atoms with Crippen LogP contribution in [0, 0.1) is 5.92 Å². The van der Waals surface area contributed by atoms with Gasteiger partial charge in [0.25, 0.3) is 0 Å². The van der Waals surface area contributed by atoms with Crippen molar-refractivity contribution in [2.24, 2.45) is 5.92 Å². The Morgan fingerprint density at radius 3 is 2.70 bits per heavy atom. The van der Waals surface area contributed by atoms with E-state index in [1.165, 1.54) is 0 Å². The standard InChI is InChI=1S/C15H20N2O3/c1-9(12-5-4-8-20-12)17-10(2)13(18)16-15(3,14(17)19)11-6-7-11/h4-5,8-11H,6-7H2,1-3H3,(H,16,18). The maximum absolute atomic E-state index is 12.9. The first-order chi connectivity index (χ1) is 9.45. The molecule has 1 saturated heterocycles. The zero-order valence-electron chi connectivity index (χ0n) is 12.1. The number of nitrogens with zero attached hydrogens (tertiary/aromatic N) is 1. The molecule has 2 heterocycles. The molecule has 1 aromatic rings. The SMILES string of the molecule is CC1C(=O)NC(C)(C2CC2)C(=O)N1C(C)c1ccco1. The minimum atomic E-state index is -0.759.